The van der Waals surface area contributed by atoms with Gasteiger partial charge < -0.3 is 10.2 Å². The lowest BCUT2D eigenvalue weighted by atomic mass is 10.0. The van der Waals surface area contributed by atoms with Gasteiger partial charge in [0.1, 0.15) is 11.5 Å². The Morgan fingerprint density at radius 3 is 2.32 bits per heavy atom. The Kier molecular flexibility index (Phi) is 3.28. The van der Waals surface area contributed by atoms with E-state index in [0.717, 1.165) is 0 Å². The van der Waals surface area contributed by atoms with Crippen molar-refractivity contribution in [1.29, 1.82) is 0 Å². The fourth-order valence-electron chi connectivity index (χ4n) is 1.70. The van der Waals surface area contributed by atoms with E-state index in [2.05, 4.69) is 10.2 Å². The average molecular weight is 264 g/mol. The minimum Gasteiger partial charge on any atom is -0.477 e. The van der Waals surface area contributed by atoms with Gasteiger partial charge in [0.15, 0.2) is 5.69 Å². The molecular weight excluding hydrogens is 255 g/mol. The zero-order valence-corrected chi connectivity index (χ0v) is 9.55. The number of carboxylic acids is 2. The molecule has 0 radical (unpaired) electrons. The molecule has 0 bridgehead atoms. The fraction of sp³-hybridized carbons (Fsp3) is 0.0833. The Morgan fingerprint density at radius 1 is 1.16 bits per heavy atom. The number of carbonyl (C=O) groups is 2. The van der Waals surface area contributed by atoms with Crippen LogP contribution in [0.1, 0.15) is 32.1 Å². The zero-order chi connectivity index (χ0) is 14.0. The first-order valence-electron chi connectivity index (χ1n) is 5.27. The Hall–Kier alpha value is -2.70. The number of halogens is 1. The van der Waals surface area contributed by atoms with Gasteiger partial charge in [-0.25, -0.2) is 14.0 Å². The summed E-state index contributed by atoms with van der Waals surface area (Å²) in [5, 5.41) is 23.6. The van der Waals surface area contributed by atoms with Crippen LogP contribution in [0.3, 0.4) is 0 Å². The third-order valence-electron chi connectivity index (χ3n) is 2.58. The summed E-state index contributed by atoms with van der Waals surface area (Å²) in [7, 11) is 0. The van der Waals surface area contributed by atoms with Gasteiger partial charge in [0.25, 0.3) is 0 Å². The standard InChI is InChI=1S/C12H9FN2O4/c13-7-3-1-6(2-4-7)5-8-9(11(16)17)14-15-10(8)12(18)19/h1-4H,5H2,(H,14,15)(H,16,17)(H,18,19). The maximum absolute atomic E-state index is 12.8. The van der Waals surface area contributed by atoms with E-state index in [1.165, 1.54) is 24.3 Å². The highest BCUT2D eigenvalue weighted by Gasteiger charge is 2.22. The third-order valence-corrected chi connectivity index (χ3v) is 2.58. The molecule has 1 aromatic heterocycles. The van der Waals surface area contributed by atoms with Gasteiger partial charge in [0, 0.05) is 12.0 Å². The van der Waals surface area contributed by atoms with Crippen LogP contribution >= 0.6 is 0 Å². The fourth-order valence-corrected chi connectivity index (χ4v) is 1.70. The van der Waals surface area contributed by atoms with E-state index in [4.69, 9.17) is 10.2 Å². The molecule has 0 unspecified atom stereocenters. The molecule has 0 aliphatic heterocycles. The van der Waals surface area contributed by atoms with E-state index in [9.17, 15) is 14.0 Å². The topological polar surface area (TPSA) is 103 Å². The number of aromatic carboxylic acids is 2. The molecular formula is C12H9FN2O4. The molecule has 7 heteroatoms. The molecule has 0 aliphatic carbocycles. The van der Waals surface area contributed by atoms with E-state index in [1.807, 2.05) is 0 Å². The highest BCUT2D eigenvalue weighted by atomic mass is 19.1. The first kappa shape index (κ1) is 12.7. The molecule has 0 saturated heterocycles. The Balaban J connectivity index is 2.42. The highest BCUT2D eigenvalue weighted by molar-refractivity contribution is 5.94. The van der Waals surface area contributed by atoms with Crippen molar-refractivity contribution in [2.24, 2.45) is 0 Å². The summed E-state index contributed by atoms with van der Waals surface area (Å²) in [5.41, 5.74) is 0.0304. The summed E-state index contributed by atoms with van der Waals surface area (Å²) in [5.74, 6) is -3.04. The second-order valence-corrected chi connectivity index (χ2v) is 3.84. The van der Waals surface area contributed by atoms with Crippen LogP contribution < -0.4 is 0 Å². The van der Waals surface area contributed by atoms with Crippen LogP contribution in [0.4, 0.5) is 4.39 Å². The number of hydrogen-bond acceptors (Lipinski definition) is 3. The maximum Gasteiger partial charge on any atom is 0.356 e. The smallest absolute Gasteiger partial charge is 0.356 e. The third kappa shape index (κ3) is 2.59. The van der Waals surface area contributed by atoms with Crippen molar-refractivity contribution in [3.63, 3.8) is 0 Å². The molecule has 2 aromatic rings. The van der Waals surface area contributed by atoms with Crippen molar-refractivity contribution in [2.75, 3.05) is 0 Å². The Bertz CT molecular complexity index is 602. The molecule has 98 valence electrons. The molecule has 0 spiro atoms. The summed E-state index contributed by atoms with van der Waals surface area (Å²) in [4.78, 5) is 21.9. The van der Waals surface area contributed by atoms with E-state index >= 15 is 0 Å². The second kappa shape index (κ2) is 4.89. The van der Waals surface area contributed by atoms with Crippen molar-refractivity contribution in [2.45, 2.75) is 6.42 Å². The lowest BCUT2D eigenvalue weighted by molar-refractivity contribution is 0.0683. The van der Waals surface area contributed by atoms with Crippen LogP contribution in [0.25, 0.3) is 0 Å². The number of carboxylic acid groups (broad SMARTS) is 2. The number of rotatable bonds is 4. The summed E-state index contributed by atoms with van der Waals surface area (Å²) in [6.07, 6.45) is 0.0417. The molecule has 0 saturated carbocycles. The molecule has 6 nitrogen and oxygen atoms in total. The molecule has 0 atom stereocenters. The molecule has 3 N–H and O–H groups in total. The van der Waals surface area contributed by atoms with Crippen molar-refractivity contribution in [3.8, 4) is 0 Å². The van der Waals surface area contributed by atoms with Gasteiger partial charge in [0.2, 0.25) is 0 Å². The monoisotopic (exact) mass is 264 g/mol. The van der Waals surface area contributed by atoms with Gasteiger partial charge in [-0.05, 0) is 17.7 Å². The summed E-state index contributed by atoms with van der Waals surface area (Å²) in [6.45, 7) is 0. The van der Waals surface area contributed by atoms with E-state index in [0.29, 0.717) is 5.56 Å². The molecule has 19 heavy (non-hydrogen) atoms. The minimum absolute atomic E-state index is 0.0417. The Morgan fingerprint density at radius 2 is 1.79 bits per heavy atom. The largest absolute Gasteiger partial charge is 0.477 e. The summed E-state index contributed by atoms with van der Waals surface area (Å²) in [6, 6.07) is 5.35. The Labute approximate surface area is 106 Å². The van der Waals surface area contributed by atoms with Crippen LogP contribution in [0.2, 0.25) is 0 Å². The van der Waals surface area contributed by atoms with Crippen molar-refractivity contribution < 1.29 is 24.2 Å². The number of nitrogens with zero attached hydrogens (tertiary/aromatic N) is 1. The van der Waals surface area contributed by atoms with E-state index < -0.39 is 17.8 Å². The van der Waals surface area contributed by atoms with E-state index in [1.54, 1.807) is 0 Å². The van der Waals surface area contributed by atoms with E-state index in [-0.39, 0.29) is 23.4 Å². The molecule has 0 fully saturated rings. The molecule has 0 amide bonds. The van der Waals surface area contributed by atoms with Crippen molar-refractivity contribution in [3.05, 3.63) is 52.6 Å². The lowest BCUT2D eigenvalue weighted by Crippen LogP contribution is -2.06. The normalized spacial score (nSPS) is 10.4. The minimum atomic E-state index is -1.32. The summed E-state index contributed by atoms with van der Waals surface area (Å²) < 4.78 is 12.8. The van der Waals surface area contributed by atoms with Crippen molar-refractivity contribution in [1.82, 2.24) is 10.2 Å². The highest BCUT2D eigenvalue weighted by Crippen LogP contribution is 2.17. The number of hydrogen-bond donors (Lipinski definition) is 3. The molecule has 0 aliphatic rings. The number of aromatic amines is 1. The van der Waals surface area contributed by atoms with Gasteiger partial charge >= 0.3 is 11.9 Å². The van der Waals surface area contributed by atoms with Crippen LogP contribution in [-0.2, 0) is 6.42 Å². The van der Waals surface area contributed by atoms with Gasteiger partial charge in [-0.1, -0.05) is 12.1 Å². The first-order valence-corrected chi connectivity index (χ1v) is 5.27. The molecule has 1 heterocycles. The lowest BCUT2D eigenvalue weighted by Gasteiger charge is -2.02. The van der Waals surface area contributed by atoms with Gasteiger partial charge in [-0.15, -0.1) is 0 Å². The predicted molar refractivity (Wildman–Crippen MR) is 61.7 cm³/mol. The average Bonchev–Trinajstić information content (AvgIpc) is 2.76. The maximum atomic E-state index is 12.8. The molecule has 1 aromatic carbocycles. The summed E-state index contributed by atoms with van der Waals surface area (Å²) >= 11 is 0. The zero-order valence-electron chi connectivity index (χ0n) is 9.55. The van der Waals surface area contributed by atoms with Gasteiger partial charge in [0.05, 0.1) is 0 Å². The number of benzene rings is 1. The van der Waals surface area contributed by atoms with Gasteiger partial charge in [-0.3, -0.25) is 5.10 Å². The van der Waals surface area contributed by atoms with Crippen LogP contribution in [-0.4, -0.2) is 32.3 Å². The van der Waals surface area contributed by atoms with Gasteiger partial charge in [-0.2, -0.15) is 5.10 Å². The number of nitrogens with one attached hydrogen (secondary N) is 1. The van der Waals surface area contributed by atoms with Crippen LogP contribution in [0.15, 0.2) is 24.3 Å². The number of H-pyrrole nitrogens is 1. The van der Waals surface area contributed by atoms with Crippen molar-refractivity contribution >= 4 is 11.9 Å². The van der Waals surface area contributed by atoms with Crippen LogP contribution in [0.5, 0.6) is 0 Å². The second-order valence-electron chi connectivity index (χ2n) is 3.84. The first-order chi connectivity index (χ1) is 8.99. The van der Waals surface area contributed by atoms with Crippen LogP contribution in [0, 0.1) is 5.82 Å². The predicted octanol–water partition coefficient (Wildman–Crippen LogP) is 1.54. The molecule has 2 rings (SSSR count). The number of aromatic nitrogens is 2. The quantitative estimate of drug-likeness (QED) is 0.777. The SMILES string of the molecule is O=C(O)c1n[nH]c(C(=O)O)c1Cc1ccc(F)cc1.